The van der Waals surface area contributed by atoms with Gasteiger partial charge in [-0.05, 0) is 26.7 Å². The molecule has 2 rings (SSSR count). The molecule has 0 spiro atoms. The van der Waals surface area contributed by atoms with Crippen LogP contribution in [-0.4, -0.2) is 148 Å². The van der Waals surface area contributed by atoms with Crippen molar-refractivity contribution in [2.45, 2.75) is 101 Å². The van der Waals surface area contributed by atoms with Crippen LogP contribution in [0.4, 0.5) is 0 Å². The van der Waals surface area contributed by atoms with Crippen LogP contribution in [0.3, 0.4) is 0 Å². The van der Waals surface area contributed by atoms with E-state index in [2.05, 4.69) is 25.8 Å². The molecule has 0 bridgehead atoms. The highest BCUT2D eigenvalue weighted by atomic mass is 79.9. The minimum Gasteiger partial charge on any atom is -0.388 e. The number of carbonyl (C=O) groups excluding carboxylic acids is 2. The van der Waals surface area contributed by atoms with E-state index in [9.17, 15) is 40.2 Å². The van der Waals surface area contributed by atoms with Crippen LogP contribution in [0.2, 0.25) is 0 Å². The average molecular weight is 647 g/mol. The number of nitrogens with zero attached hydrogens (tertiary/aromatic N) is 1. The first-order valence-electron chi connectivity index (χ1n) is 13.5. The van der Waals surface area contributed by atoms with Gasteiger partial charge in [-0.2, -0.15) is 0 Å². The van der Waals surface area contributed by atoms with Gasteiger partial charge < -0.3 is 54.9 Å². The summed E-state index contributed by atoms with van der Waals surface area (Å²) in [6.45, 7) is 3.88. The number of aliphatic hydroxyl groups excluding tert-OH is 6. The zero-order chi connectivity index (χ0) is 29.8. The van der Waals surface area contributed by atoms with Gasteiger partial charge in [0.15, 0.2) is 12.6 Å². The van der Waals surface area contributed by atoms with Crippen molar-refractivity contribution in [2.75, 3.05) is 39.4 Å². The molecular formula is C24H44BrN3O12. The zero-order valence-corrected chi connectivity index (χ0v) is 24.4. The molecule has 0 unspecified atom stereocenters. The molecule has 0 aromatic rings. The lowest BCUT2D eigenvalue weighted by molar-refractivity contribution is -0.295. The van der Waals surface area contributed by atoms with Crippen LogP contribution < -0.4 is 9.66 Å². The molecule has 16 heteroatoms. The Hall–Kier alpha value is -1.02. The summed E-state index contributed by atoms with van der Waals surface area (Å²) < 4.78 is 24.4. The fraction of sp³-hybridized carbons (Fsp3) is 0.917. The average Bonchev–Trinajstić information content (AvgIpc) is 2.93. The minimum absolute atomic E-state index is 0.00463. The van der Waals surface area contributed by atoms with E-state index in [0.29, 0.717) is 25.8 Å². The second-order valence-electron chi connectivity index (χ2n) is 10.1. The van der Waals surface area contributed by atoms with Gasteiger partial charge >= 0.3 is 0 Å². The topological polar surface area (TPSA) is 220 Å². The first kappa shape index (κ1) is 35.2. The molecule has 40 heavy (non-hydrogen) atoms. The van der Waals surface area contributed by atoms with Crippen LogP contribution in [-0.2, 0) is 28.5 Å². The predicted octanol–water partition coefficient (Wildman–Crippen LogP) is -2.92. The smallest absolute Gasteiger partial charge is 0.234 e. The lowest BCUT2D eigenvalue weighted by atomic mass is 10.0. The summed E-state index contributed by atoms with van der Waals surface area (Å²) in [6.07, 6.45) is -9.63. The third-order valence-corrected chi connectivity index (χ3v) is 7.31. The highest BCUT2D eigenvalue weighted by molar-refractivity contribution is 9.08. The fourth-order valence-corrected chi connectivity index (χ4v) is 4.49. The number of nitrogens with one attached hydrogen (secondary N) is 2. The third-order valence-electron chi connectivity index (χ3n) is 6.87. The number of rotatable bonds is 16. The standard InChI is InChI=1S/C24H44BrN3O12/c1-13-17(31)19(33)21(35)23(39-13)37-10-8-28(12-16(30)26-7-5-3-4-6-15(29)27-25)9-11-38-24-22(36)20(34)18(32)14(2)40-24/h13-14,17-24,31-36H,3-12H2,1-2H3,(H,26,30)(H,27,29)/t13-,14-,17+,18+,19+,20+,21-,22-,23+,24+/m0/s1. The lowest BCUT2D eigenvalue weighted by Crippen LogP contribution is -2.57. The molecule has 234 valence electrons. The number of halogens is 1. The highest BCUT2D eigenvalue weighted by Gasteiger charge is 2.43. The first-order chi connectivity index (χ1) is 19.0. The maximum Gasteiger partial charge on any atom is 0.234 e. The molecule has 0 aromatic carbocycles. The molecule has 15 nitrogen and oxygen atoms in total. The van der Waals surface area contributed by atoms with E-state index in [-0.39, 0.29) is 44.7 Å². The Balaban J connectivity index is 1.84. The Labute approximate surface area is 242 Å². The normalized spacial score (nSPS) is 34.5. The van der Waals surface area contributed by atoms with Gasteiger partial charge in [-0.25, -0.2) is 0 Å². The Morgan fingerprint density at radius 3 is 1.73 bits per heavy atom. The van der Waals surface area contributed by atoms with Gasteiger partial charge in [-0.15, -0.1) is 0 Å². The number of carbonyl (C=O) groups is 2. The molecule has 8 N–H and O–H groups in total. The van der Waals surface area contributed by atoms with E-state index in [1.165, 1.54) is 0 Å². The zero-order valence-electron chi connectivity index (χ0n) is 22.8. The van der Waals surface area contributed by atoms with E-state index in [4.69, 9.17) is 18.9 Å². The van der Waals surface area contributed by atoms with Crippen molar-refractivity contribution in [2.24, 2.45) is 0 Å². The molecule has 2 fully saturated rings. The van der Waals surface area contributed by atoms with E-state index in [0.717, 1.165) is 6.42 Å². The van der Waals surface area contributed by atoms with E-state index < -0.39 is 61.4 Å². The number of ether oxygens (including phenoxy) is 4. The number of hydrogen-bond acceptors (Lipinski definition) is 13. The number of amides is 2. The van der Waals surface area contributed by atoms with Crippen molar-refractivity contribution in [1.82, 2.24) is 14.6 Å². The molecule has 2 saturated heterocycles. The first-order valence-corrected chi connectivity index (χ1v) is 14.3. The van der Waals surface area contributed by atoms with Crippen molar-refractivity contribution < 1.29 is 59.2 Å². The highest BCUT2D eigenvalue weighted by Crippen LogP contribution is 2.23. The molecule has 10 atom stereocenters. The Bertz CT molecular complexity index is 731. The van der Waals surface area contributed by atoms with Gasteiger partial charge in [0.05, 0.1) is 32.0 Å². The molecule has 2 amide bonds. The third kappa shape index (κ3) is 11.0. The summed E-state index contributed by atoms with van der Waals surface area (Å²) in [6, 6.07) is 0. The summed E-state index contributed by atoms with van der Waals surface area (Å²) in [5.74, 6) is -0.373. The summed E-state index contributed by atoms with van der Waals surface area (Å²) in [5.41, 5.74) is 0. The molecule has 2 aliphatic rings. The molecule has 2 heterocycles. The van der Waals surface area contributed by atoms with E-state index >= 15 is 0 Å². The van der Waals surface area contributed by atoms with Crippen molar-refractivity contribution in [3.8, 4) is 0 Å². The Morgan fingerprint density at radius 1 is 0.750 bits per heavy atom. The van der Waals surface area contributed by atoms with Gasteiger partial charge in [0.25, 0.3) is 0 Å². The van der Waals surface area contributed by atoms with Gasteiger partial charge in [0, 0.05) is 42.2 Å². The van der Waals surface area contributed by atoms with Gasteiger partial charge in [0.1, 0.15) is 36.6 Å². The molecular weight excluding hydrogens is 602 g/mol. The van der Waals surface area contributed by atoms with Gasteiger partial charge in [-0.1, -0.05) is 6.42 Å². The maximum absolute atomic E-state index is 12.6. The van der Waals surface area contributed by atoms with Crippen LogP contribution in [0.1, 0.15) is 39.5 Å². The fourth-order valence-electron chi connectivity index (χ4n) is 4.29. The second kappa shape index (κ2) is 17.8. The summed E-state index contributed by atoms with van der Waals surface area (Å²) in [7, 11) is 0. The Kier molecular flexibility index (Phi) is 15.7. The summed E-state index contributed by atoms with van der Waals surface area (Å²) in [5, 5.41) is 62.8. The van der Waals surface area contributed by atoms with Crippen LogP contribution in [0.25, 0.3) is 0 Å². The molecule has 2 aliphatic heterocycles. The molecule has 0 saturated carbocycles. The van der Waals surface area contributed by atoms with Crippen molar-refractivity contribution in [1.29, 1.82) is 0 Å². The van der Waals surface area contributed by atoms with Crippen LogP contribution >= 0.6 is 16.1 Å². The predicted molar refractivity (Wildman–Crippen MR) is 142 cm³/mol. The quantitative estimate of drug-likeness (QED) is 0.0623. The van der Waals surface area contributed by atoms with E-state index in [1.54, 1.807) is 18.7 Å². The number of unbranched alkanes of at least 4 members (excludes halogenated alkanes) is 2. The van der Waals surface area contributed by atoms with Crippen LogP contribution in [0, 0.1) is 0 Å². The van der Waals surface area contributed by atoms with Gasteiger partial charge in [0.2, 0.25) is 11.8 Å². The summed E-state index contributed by atoms with van der Waals surface area (Å²) >= 11 is 2.88. The van der Waals surface area contributed by atoms with E-state index in [1.807, 2.05) is 0 Å². The monoisotopic (exact) mass is 645 g/mol. The van der Waals surface area contributed by atoms with Gasteiger partial charge in [-0.3, -0.25) is 18.8 Å². The van der Waals surface area contributed by atoms with Crippen molar-refractivity contribution >= 4 is 28.0 Å². The molecule has 0 aromatic heterocycles. The SMILES string of the molecule is C[C@@H]1O[C@@H](OCCN(CCO[C@@H]2O[C@@H](C)[C@@H](O)[C@@H](O)[C@@H]2O)CC(=O)NCCCCCC(=O)NBr)[C@@H](O)[C@H](O)[C@@H]1O. The van der Waals surface area contributed by atoms with Crippen LogP contribution in [0.5, 0.6) is 0 Å². The molecule has 0 radical (unpaired) electrons. The van der Waals surface area contributed by atoms with Crippen molar-refractivity contribution in [3.63, 3.8) is 0 Å². The Morgan fingerprint density at radius 2 is 1.25 bits per heavy atom. The lowest BCUT2D eigenvalue weighted by Gasteiger charge is -2.39. The number of hydrogen-bond donors (Lipinski definition) is 8. The summed E-state index contributed by atoms with van der Waals surface area (Å²) in [4.78, 5) is 25.5. The van der Waals surface area contributed by atoms with Crippen molar-refractivity contribution in [3.05, 3.63) is 0 Å². The number of aliphatic hydroxyl groups is 6. The van der Waals surface area contributed by atoms with Crippen LogP contribution in [0.15, 0.2) is 0 Å². The maximum atomic E-state index is 12.6. The minimum atomic E-state index is -1.46. The second-order valence-corrected chi connectivity index (χ2v) is 10.5. The largest absolute Gasteiger partial charge is 0.388 e. The molecule has 0 aliphatic carbocycles.